The largest absolute Gasteiger partial charge is 0.361 e. The van der Waals surface area contributed by atoms with Crippen molar-refractivity contribution in [3.8, 4) is 0 Å². The second-order valence-electron chi connectivity index (χ2n) is 6.23. The normalized spacial score (nSPS) is 16.2. The van der Waals surface area contributed by atoms with E-state index in [-0.39, 0.29) is 5.91 Å². The maximum atomic E-state index is 12.7. The number of nitrogens with zero attached hydrogens (tertiary/aromatic N) is 3. The lowest BCUT2D eigenvalue weighted by molar-refractivity contribution is 0.0761. The minimum Gasteiger partial charge on any atom is -0.361 e. The van der Waals surface area contributed by atoms with Crippen LogP contribution in [0, 0.1) is 13.8 Å². The van der Waals surface area contributed by atoms with E-state index in [1.807, 2.05) is 43.0 Å². The van der Waals surface area contributed by atoms with Gasteiger partial charge in [-0.1, -0.05) is 21.1 Å². The Balaban J connectivity index is 1.62. The van der Waals surface area contributed by atoms with Crippen molar-refractivity contribution in [1.29, 1.82) is 0 Å². The van der Waals surface area contributed by atoms with E-state index in [1.54, 1.807) is 0 Å². The summed E-state index contributed by atoms with van der Waals surface area (Å²) in [5, 5.41) is 4.02. The van der Waals surface area contributed by atoms with Gasteiger partial charge in [-0.2, -0.15) is 0 Å². The summed E-state index contributed by atoms with van der Waals surface area (Å²) < 4.78 is 6.24. The zero-order chi connectivity index (χ0) is 17.1. The van der Waals surface area contributed by atoms with Crippen LogP contribution in [0.3, 0.4) is 0 Å². The van der Waals surface area contributed by atoms with E-state index in [4.69, 9.17) is 4.52 Å². The molecule has 0 unspecified atom stereocenters. The minimum absolute atomic E-state index is 0.113. The molecule has 0 radical (unpaired) electrons. The number of hydrogen-bond donors (Lipinski definition) is 0. The number of halogens is 1. The third-order valence-corrected chi connectivity index (χ3v) is 5.06. The molecular formula is C18H22BrN3O2. The number of rotatable bonds is 3. The van der Waals surface area contributed by atoms with Gasteiger partial charge in [0.1, 0.15) is 5.76 Å². The van der Waals surface area contributed by atoms with Gasteiger partial charge >= 0.3 is 0 Å². The second-order valence-corrected chi connectivity index (χ2v) is 7.15. The van der Waals surface area contributed by atoms with Crippen LogP contribution in [-0.4, -0.2) is 47.0 Å². The molecule has 0 bridgehead atoms. The number of aromatic nitrogens is 1. The first-order valence-corrected chi connectivity index (χ1v) is 9.03. The van der Waals surface area contributed by atoms with Gasteiger partial charge in [-0.25, -0.2) is 0 Å². The Hall–Kier alpha value is -1.66. The molecular weight excluding hydrogens is 370 g/mol. The molecule has 0 aliphatic carbocycles. The Bertz CT molecular complexity index is 692. The summed E-state index contributed by atoms with van der Waals surface area (Å²) >= 11 is 3.41. The van der Waals surface area contributed by atoms with Crippen LogP contribution >= 0.6 is 15.9 Å². The van der Waals surface area contributed by atoms with Crippen LogP contribution in [0.4, 0.5) is 0 Å². The Morgan fingerprint density at radius 2 is 1.92 bits per heavy atom. The van der Waals surface area contributed by atoms with Gasteiger partial charge in [0.15, 0.2) is 0 Å². The summed E-state index contributed by atoms with van der Waals surface area (Å²) in [7, 11) is 0. The van der Waals surface area contributed by atoms with E-state index in [0.29, 0.717) is 0 Å². The summed E-state index contributed by atoms with van der Waals surface area (Å²) in [6.45, 7) is 8.16. The molecule has 5 nitrogen and oxygen atoms in total. The molecule has 1 fully saturated rings. The molecule has 1 aliphatic heterocycles. The molecule has 1 aromatic carbocycles. The predicted molar refractivity (Wildman–Crippen MR) is 95.9 cm³/mol. The number of amides is 1. The molecule has 0 spiro atoms. The average molecular weight is 392 g/mol. The lowest BCUT2D eigenvalue weighted by atomic mass is 10.2. The van der Waals surface area contributed by atoms with Crippen molar-refractivity contribution in [1.82, 2.24) is 15.0 Å². The van der Waals surface area contributed by atoms with Gasteiger partial charge in [0.05, 0.1) is 5.69 Å². The molecule has 128 valence electrons. The highest BCUT2D eigenvalue weighted by Gasteiger charge is 2.21. The van der Waals surface area contributed by atoms with E-state index in [2.05, 4.69) is 26.0 Å². The monoisotopic (exact) mass is 391 g/mol. The molecule has 6 heteroatoms. The average Bonchev–Trinajstić information content (AvgIpc) is 2.78. The van der Waals surface area contributed by atoms with Crippen LogP contribution in [0.15, 0.2) is 33.3 Å². The van der Waals surface area contributed by atoms with E-state index in [9.17, 15) is 4.79 Å². The smallest absolute Gasteiger partial charge is 0.253 e. The summed E-state index contributed by atoms with van der Waals surface area (Å²) in [5.41, 5.74) is 2.87. The molecule has 0 atom stereocenters. The fraction of sp³-hybridized carbons (Fsp3) is 0.444. The van der Waals surface area contributed by atoms with E-state index in [1.165, 1.54) is 5.56 Å². The maximum absolute atomic E-state index is 12.7. The first-order chi connectivity index (χ1) is 11.5. The van der Waals surface area contributed by atoms with Crippen LogP contribution in [0.25, 0.3) is 0 Å². The van der Waals surface area contributed by atoms with Crippen LogP contribution in [0.5, 0.6) is 0 Å². The minimum atomic E-state index is 0.113. The van der Waals surface area contributed by atoms with E-state index < -0.39 is 0 Å². The molecule has 1 aliphatic rings. The van der Waals surface area contributed by atoms with Crippen LogP contribution in [-0.2, 0) is 6.54 Å². The topological polar surface area (TPSA) is 49.6 Å². The second kappa shape index (κ2) is 7.49. The SMILES string of the molecule is Cc1noc(C)c1CN1CCCN(C(=O)c2ccc(Br)cc2)CC1. The fourth-order valence-electron chi connectivity index (χ4n) is 3.06. The number of aryl methyl sites for hydroxylation is 2. The first kappa shape index (κ1) is 17.2. The zero-order valence-corrected chi connectivity index (χ0v) is 15.7. The Kier molecular flexibility index (Phi) is 5.36. The van der Waals surface area contributed by atoms with Gasteiger partial charge < -0.3 is 9.42 Å². The highest BCUT2D eigenvalue weighted by atomic mass is 79.9. The molecule has 3 rings (SSSR count). The highest BCUT2D eigenvalue weighted by molar-refractivity contribution is 9.10. The van der Waals surface area contributed by atoms with Gasteiger partial charge in [-0.3, -0.25) is 9.69 Å². The first-order valence-electron chi connectivity index (χ1n) is 8.23. The van der Waals surface area contributed by atoms with Gasteiger partial charge in [-0.05, 0) is 44.5 Å². The summed E-state index contributed by atoms with van der Waals surface area (Å²) in [5.74, 6) is 1.00. The van der Waals surface area contributed by atoms with E-state index in [0.717, 1.165) is 60.6 Å². The molecule has 0 saturated carbocycles. The van der Waals surface area contributed by atoms with Crippen molar-refractivity contribution < 1.29 is 9.32 Å². The lowest BCUT2D eigenvalue weighted by Gasteiger charge is -2.22. The van der Waals surface area contributed by atoms with Crippen molar-refractivity contribution in [2.24, 2.45) is 0 Å². The number of benzene rings is 1. The molecule has 1 saturated heterocycles. The maximum Gasteiger partial charge on any atom is 0.253 e. The summed E-state index contributed by atoms with van der Waals surface area (Å²) in [4.78, 5) is 17.0. The number of hydrogen-bond acceptors (Lipinski definition) is 4. The Morgan fingerprint density at radius 3 is 2.58 bits per heavy atom. The van der Waals surface area contributed by atoms with E-state index >= 15 is 0 Å². The Labute approximate surface area is 150 Å². The van der Waals surface area contributed by atoms with Crippen molar-refractivity contribution in [3.05, 3.63) is 51.3 Å². The molecule has 1 amide bonds. The third-order valence-electron chi connectivity index (χ3n) is 4.53. The molecule has 2 heterocycles. The molecule has 24 heavy (non-hydrogen) atoms. The van der Waals surface area contributed by atoms with Gasteiger partial charge in [0, 0.05) is 48.3 Å². The molecule has 2 aromatic rings. The van der Waals surface area contributed by atoms with Crippen molar-refractivity contribution in [2.75, 3.05) is 26.2 Å². The quantitative estimate of drug-likeness (QED) is 0.804. The fourth-order valence-corrected chi connectivity index (χ4v) is 3.32. The van der Waals surface area contributed by atoms with Crippen LogP contribution < -0.4 is 0 Å². The summed E-state index contributed by atoms with van der Waals surface area (Å²) in [6.07, 6.45) is 0.978. The van der Waals surface area contributed by atoms with Crippen molar-refractivity contribution in [2.45, 2.75) is 26.8 Å². The Morgan fingerprint density at radius 1 is 1.17 bits per heavy atom. The highest BCUT2D eigenvalue weighted by Crippen LogP contribution is 2.17. The van der Waals surface area contributed by atoms with Gasteiger partial charge in [-0.15, -0.1) is 0 Å². The summed E-state index contributed by atoms with van der Waals surface area (Å²) in [6, 6.07) is 7.57. The van der Waals surface area contributed by atoms with Crippen LogP contribution in [0.1, 0.15) is 33.8 Å². The standard InChI is InChI=1S/C18H22BrN3O2/c1-13-17(14(2)24-20-13)12-21-8-3-9-22(11-10-21)18(23)15-4-6-16(19)7-5-15/h4-7H,3,8-12H2,1-2H3. The van der Waals surface area contributed by atoms with Crippen molar-refractivity contribution in [3.63, 3.8) is 0 Å². The van der Waals surface area contributed by atoms with Gasteiger partial charge in [0.25, 0.3) is 5.91 Å². The third kappa shape index (κ3) is 3.87. The number of carbonyl (C=O) groups excluding carboxylic acids is 1. The predicted octanol–water partition coefficient (Wildman–Crippen LogP) is 3.40. The van der Waals surface area contributed by atoms with Crippen molar-refractivity contribution >= 4 is 21.8 Å². The van der Waals surface area contributed by atoms with Gasteiger partial charge in [0.2, 0.25) is 0 Å². The zero-order valence-electron chi connectivity index (χ0n) is 14.1. The molecule has 0 N–H and O–H groups in total. The number of carbonyl (C=O) groups is 1. The molecule has 1 aromatic heterocycles. The lowest BCUT2D eigenvalue weighted by Crippen LogP contribution is -2.35. The van der Waals surface area contributed by atoms with Crippen LogP contribution in [0.2, 0.25) is 0 Å².